The Balaban J connectivity index is 1.45. The van der Waals surface area contributed by atoms with E-state index in [1.807, 2.05) is 52.1 Å². The van der Waals surface area contributed by atoms with Crippen molar-refractivity contribution >= 4 is 29.0 Å². The number of aryl methyl sites for hydroxylation is 1. The number of hydrogen-bond donors (Lipinski definition) is 2. The maximum atomic E-state index is 13.1. The molecule has 1 aromatic carbocycles. The molecule has 9 nitrogen and oxygen atoms in total. The fourth-order valence-electron chi connectivity index (χ4n) is 5.02. The summed E-state index contributed by atoms with van der Waals surface area (Å²) < 4.78 is 1.49. The third kappa shape index (κ3) is 3.95. The molecular weight excluding hydrogens is 430 g/mol. The second kappa shape index (κ2) is 8.30. The fourth-order valence-corrected chi connectivity index (χ4v) is 5.02. The summed E-state index contributed by atoms with van der Waals surface area (Å²) in [6.07, 6.45) is 6.37. The van der Waals surface area contributed by atoms with Crippen LogP contribution in [0.2, 0.25) is 0 Å². The van der Waals surface area contributed by atoms with Gasteiger partial charge in [0.05, 0.1) is 23.0 Å². The van der Waals surface area contributed by atoms with E-state index in [1.165, 1.54) is 17.5 Å². The van der Waals surface area contributed by atoms with Crippen molar-refractivity contribution in [3.63, 3.8) is 0 Å². The summed E-state index contributed by atoms with van der Waals surface area (Å²) in [5.74, 6) is 1.46. The number of nitrogens with zero attached hydrogens (tertiary/aromatic N) is 6. The zero-order valence-corrected chi connectivity index (χ0v) is 20.1. The van der Waals surface area contributed by atoms with E-state index < -0.39 is 5.41 Å². The summed E-state index contributed by atoms with van der Waals surface area (Å²) in [7, 11) is 1.81. The van der Waals surface area contributed by atoms with E-state index >= 15 is 0 Å². The van der Waals surface area contributed by atoms with Crippen LogP contribution >= 0.6 is 0 Å². The number of anilines is 4. The number of nitrogens with one attached hydrogen (secondary N) is 1. The van der Waals surface area contributed by atoms with Gasteiger partial charge in [-0.15, -0.1) is 0 Å². The van der Waals surface area contributed by atoms with Gasteiger partial charge in [0.25, 0.3) is 0 Å². The molecule has 2 aliphatic rings. The molecule has 3 heterocycles. The van der Waals surface area contributed by atoms with Gasteiger partial charge in [-0.2, -0.15) is 10.1 Å². The Morgan fingerprint density at radius 2 is 1.85 bits per heavy atom. The van der Waals surface area contributed by atoms with Crippen molar-refractivity contribution < 1.29 is 9.90 Å². The van der Waals surface area contributed by atoms with Gasteiger partial charge in [-0.3, -0.25) is 4.79 Å². The van der Waals surface area contributed by atoms with E-state index in [9.17, 15) is 9.90 Å². The predicted octanol–water partition coefficient (Wildman–Crippen LogP) is 4.17. The molecule has 9 heteroatoms. The summed E-state index contributed by atoms with van der Waals surface area (Å²) in [6, 6.07) is 9.54. The Morgan fingerprint density at radius 1 is 1.15 bits per heavy atom. The maximum Gasteiger partial charge on any atom is 0.234 e. The van der Waals surface area contributed by atoms with E-state index in [0.717, 1.165) is 41.4 Å². The minimum atomic E-state index is -0.516. The van der Waals surface area contributed by atoms with Gasteiger partial charge in [0.15, 0.2) is 5.82 Å². The SMILES string of the molecule is Cc1cc(O)n(-c2ccc(Nc3ncc4c(n3)N(C3CCCC3)CC(C)(C)C(=O)N4C)cc2)n1. The van der Waals surface area contributed by atoms with Gasteiger partial charge >= 0.3 is 0 Å². The highest BCUT2D eigenvalue weighted by molar-refractivity contribution is 6.00. The number of amides is 1. The van der Waals surface area contributed by atoms with Crippen molar-refractivity contribution in [3.05, 3.63) is 42.2 Å². The highest BCUT2D eigenvalue weighted by Gasteiger charge is 2.41. The average molecular weight is 462 g/mol. The molecule has 178 valence electrons. The van der Waals surface area contributed by atoms with Crippen LogP contribution < -0.4 is 15.1 Å². The molecule has 1 aliphatic heterocycles. The number of fused-ring (bicyclic) bond motifs is 1. The molecule has 1 fully saturated rings. The summed E-state index contributed by atoms with van der Waals surface area (Å²) in [5.41, 5.74) is 2.55. The minimum Gasteiger partial charge on any atom is -0.493 e. The van der Waals surface area contributed by atoms with E-state index in [-0.39, 0.29) is 11.8 Å². The smallest absolute Gasteiger partial charge is 0.234 e. The third-order valence-electron chi connectivity index (χ3n) is 6.78. The van der Waals surface area contributed by atoms with Crippen LogP contribution in [-0.4, -0.2) is 50.4 Å². The minimum absolute atomic E-state index is 0.0752. The largest absolute Gasteiger partial charge is 0.493 e. The Morgan fingerprint density at radius 3 is 2.50 bits per heavy atom. The normalized spacial score (nSPS) is 18.2. The van der Waals surface area contributed by atoms with E-state index in [4.69, 9.17) is 4.98 Å². The average Bonchev–Trinajstić information content (AvgIpc) is 3.45. The molecule has 5 rings (SSSR count). The Labute approximate surface area is 199 Å². The van der Waals surface area contributed by atoms with Gasteiger partial charge < -0.3 is 20.2 Å². The van der Waals surface area contributed by atoms with Crippen molar-refractivity contribution in [2.24, 2.45) is 5.41 Å². The highest BCUT2D eigenvalue weighted by atomic mass is 16.3. The van der Waals surface area contributed by atoms with Crippen molar-refractivity contribution in [1.29, 1.82) is 0 Å². The molecule has 3 aromatic rings. The summed E-state index contributed by atoms with van der Waals surface area (Å²) in [4.78, 5) is 26.6. The van der Waals surface area contributed by atoms with Crippen LogP contribution in [0.3, 0.4) is 0 Å². The fraction of sp³-hybridized carbons (Fsp3) is 0.440. The molecular formula is C25H31N7O2. The summed E-state index contributed by atoms with van der Waals surface area (Å²) in [5, 5.41) is 17.6. The topological polar surface area (TPSA) is 99.4 Å². The van der Waals surface area contributed by atoms with Crippen LogP contribution in [0.25, 0.3) is 5.69 Å². The van der Waals surface area contributed by atoms with Crippen LogP contribution in [0.4, 0.5) is 23.1 Å². The molecule has 0 bridgehead atoms. The maximum absolute atomic E-state index is 13.1. The molecule has 0 radical (unpaired) electrons. The van der Waals surface area contributed by atoms with Crippen LogP contribution in [0.15, 0.2) is 36.5 Å². The Hall–Kier alpha value is -3.62. The summed E-state index contributed by atoms with van der Waals surface area (Å²) in [6.45, 7) is 6.48. The number of aromatic hydroxyl groups is 1. The number of aromatic nitrogens is 4. The van der Waals surface area contributed by atoms with Gasteiger partial charge in [0.2, 0.25) is 17.7 Å². The van der Waals surface area contributed by atoms with Crippen molar-refractivity contribution in [3.8, 4) is 11.6 Å². The van der Waals surface area contributed by atoms with Gasteiger partial charge in [-0.05, 0) is 57.9 Å². The first-order valence-electron chi connectivity index (χ1n) is 11.8. The number of carbonyl (C=O) groups excluding carboxylic acids is 1. The Bertz CT molecular complexity index is 1210. The van der Waals surface area contributed by atoms with E-state index in [2.05, 4.69) is 20.3 Å². The summed E-state index contributed by atoms with van der Waals surface area (Å²) >= 11 is 0. The van der Waals surface area contributed by atoms with Gasteiger partial charge in [0.1, 0.15) is 5.69 Å². The van der Waals surface area contributed by atoms with Crippen LogP contribution in [0.5, 0.6) is 5.88 Å². The molecule has 0 unspecified atom stereocenters. The molecule has 2 N–H and O–H groups in total. The molecule has 2 aromatic heterocycles. The number of hydrogen-bond acceptors (Lipinski definition) is 7. The first kappa shape index (κ1) is 22.2. The zero-order chi connectivity index (χ0) is 24.0. The quantitative estimate of drug-likeness (QED) is 0.601. The second-order valence-electron chi connectivity index (χ2n) is 9.94. The van der Waals surface area contributed by atoms with E-state index in [1.54, 1.807) is 17.2 Å². The molecule has 0 spiro atoms. The van der Waals surface area contributed by atoms with Crippen molar-refractivity contribution in [2.45, 2.75) is 52.5 Å². The standard InChI is InChI=1S/C25H31N7O2/c1-16-13-21(33)32(29-16)19-11-9-17(10-12-19)27-24-26-14-20-22(28-24)31(18-7-5-6-8-18)15-25(2,3)23(34)30(20)4/h9-14,18,33H,5-8,15H2,1-4H3,(H,26,27,28). The lowest BCUT2D eigenvalue weighted by molar-refractivity contribution is -0.125. The first-order chi connectivity index (χ1) is 16.2. The lowest BCUT2D eigenvalue weighted by atomic mass is 9.91. The molecule has 1 amide bonds. The monoisotopic (exact) mass is 461 g/mol. The molecule has 0 atom stereocenters. The molecule has 1 saturated carbocycles. The number of rotatable bonds is 4. The van der Waals surface area contributed by atoms with Crippen LogP contribution in [-0.2, 0) is 4.79 Å². The molecule has 0 saturated heterocycles. The van der Waals surface area contributed by atoms with Gasteiger partial charge in [-0.1, -0.05) is 12.8 Å². The lowest BCUT2D eigenvalue weighted by Crippen LogP contribution is -2.45. The molecule has 34 heavy (non-hydrogen) atoms. The first-order valence-corrected chi connectivity index (χ1v) is 11.8. The zero-order valence-electron chi connectivity index (χ0n) is 20.1. The number of benzene rings is 1. The van der Waals surface area contributed by atoms with Crippen LogP contribution in [0.1, 0.15) is 45.2 Å². The van der Waals surface area contributed by atoms with Gasteiger partial charge in [-0.25, -0.2) is 9.67 Å². The second-order valence-corrected chi connectivity index (χ2v) is 9.94. The van der Waals surface area contributed by atoms with Crippen molar-refractivity contribution in [2.75, 3.05) is 28.7 Å². The number of carbonyl (C=O) groups is 1. The van der Waals surface area contributed by atoms with E-state index in [0.29, 0.717) is 18.5 Å². The van der Waals surface area contributed by atoms with Crippen molar-refractivity contribution in [1.82, 2.24) is 19.7 Å². The predicted molar refractivity (Wildman–Crippen MR) is 132 cm³/mol. The lowest BCUT2D eigenvalue weighted by Gasteiger charge is -2.34. The molecule has 1 aliphatic carbocycles. The highest BCUT2D eigenvalue weighted by Crippen LogP contribution is 2.40. The third-order valence-corrected chi connectivity index (χ3v) is 6.78. The Kier molecular flexibility index (Phi) is 5.42. The van der Waals surface area contributed by atoms with Gasteiger partial charge in [0, 0.05) is 31.4 Å². The van der Waals surface area contributed by atoms with Crippen LogP contribution in [0, 0.1) is 12.3 Å².